The van der Waals surface area contributed by atoms with Crippen LogP contribution in [-0.2, 0) is 14.2 Å². The van der Waals surface area contributed by atoms with Crippen LogP contribution in [0.3, 0.4) is 0 Å². The molecule has 0 aromatic heterocycles. The van der Waals surface area contributed by atoms with Gasteiger partial charge in [-0.25, -0.2) is 9.98 Å². The van der Waals surface area contributed by atoms with E-state index in [4.69, 9.17) is 19.9 Å². The van der Waals surface area contributed by atoms with Crippen molar-refractivity contribution in [3.05, 3.63) is 35.9 Å². The Labute approximate surface area is 203 Å². The van der Waals surface area contributed by atoms with Gasteiger partial charge in [0.05, 0.1) is 18.8 Å². The Morgan fingerprint density at radius 1 is 1.26 bits per heavy atom. The van der Waals surface area contributed by atoms with Crippen molar-refractivity contribution in [2.24, 2.45) is 20.7 Å². The summed E-state index contributed by atoms with van der Waals surface area (Å²) in [7, 11) is 1.66. The molecule has 4 aliphatic rings. The monoisotopic (exact) mass is 485 g/mol. The number of nitrogens with two attached hydrogens (primary N) is 1. The van der Waals surface area contributed by atoms with Gasteiger partial charge in [-0.05, 0) is 12.8 Å². The molecule has 1 saturated heterocycles. The van der Waals surface area contributed by atoms with Crippen LogP contribution in [0.25, 0.3) is 0 Å². The molecule has 3 heterocycles. The van der Waals surface area contributed by atoms with Crippen LogP contribution in [0.15, 0.2) is 45.3 Å². The number of ketones is 1. The maximum absolute atomic E-state index is 13.3. The molecule has 3 aliphatic heterocycles. The van der Waals surface area contributed by atoms with Crippen molar-refractivity contribution in [1.82, 2.24) is 4.90 Å². The third kappa shape index (κ3) is 4.22. The lowest BCUT2D eigenvalue weighted by Gasteiger charge is -2.37. The van der Waals surface area contributed by atoms with Crippen molar-refractivity contribution in [3.63, 3.8) is 0 Å². The van der Waals surface area contributed by atoms with Crippen molar-refractivity contribution in [1.29, 1.82) is 0 Å². The molecule has 0 radical (unpaired) electrons. The predicted molar refractivity (Wildman–Crippen MR) is 127 cm³/mol. The molecule has 1 aromatic carbocycles. The van der Waals surface area contributed by atoms with Crippen molar-refractivity contribution in [3.8, 4) is 0 Å². The summed E-state index contributed by atoms with van der Waals surface area (Å²) in [5.41, 5.74) is 5.42. The van der Waals surface area contributed by atoms with Gasteiger partial charge in [0.25, 0.3) is 0 Å². The highest BCUT2D eigenvalue weighted by Crippen LogP contribution is 2.34. The summed E-state index contributed by atoms with van der Waals surface area (Å²) in [6.07, 6.45) is 1.16. The fraction of sp³-hybridized carbons (Fsp3) is 0.583. The van der Waals surface area contributed by atoms with E-state index in [1.165, 1.54) is 6.34 Å². The first kappa shape index (κ1) is 24.2. The molecular weight excluding hydrogens is 454 g/mol. The molecule has 1 aliphatic carbocycles. The smallest absolute Gasteiger partial charge is 0.219 e. The second-order valence-electron chi connectivity index (χ2n) is 9.21. The van der Waals surface area contributed by atoms with Gasteiger partial charge < -0.3 is 29.3 Å². The number of fused-ring (bicyclic) bond motifs is 1. The molecule has 1 saturated carbocycles. The molecule has 1 aromatic rings. The molecule has 11 heteroatoms. The number of carbonyl (C=O) groups excluding carboxylic acids is 1. The Hall–Kier alpha value is -2.54. The van der Waals surface area contributed by atoms with Crippen LogP contribution in [0, 0.1) is 0 Å². The first-order chi connectivity index (χ1) is 17.0. The molecule has 2 fully saturated rings. The summed E-state index contributed by atoms with van der Waals surface area (Å²) in [4.78, 5) is 28.1. The van der Waals surface area contributed by atoms with Gasteiger partial charge in [-0.2, -0.15) is 0 Å². The lowest BCUT2D eigenvalue weighted by molar-refractivity contribution is -0.153. The summed E-state index contributed by atoms with van der Waals surface area (Å²) >= 11 is 0. The number of aliphatic imine (C=N–C) groups is 3. The second-order valence-corrected chi connectivity index (χ2v) is 9.21. The first-order valence-corrected chi connectivity index (χ1v) is 11.9. The molecule has 7 atom stereocenters. The van der Waals surface area contributed by atoms with E-state index in [1.54, 1.807) is 36.3 Å². The van der Waals surface area contributed by atoms with Crippen LogP contribution < -0.4 is 5.73 Å². The minimum atomic E-state index is -1.73. The Bertz CT molecular complexity index is 1030. The number of benzene rings is 1. The number of hydrogen-bond donors (Lipinski definition) is 3. The van der Waals surface area contributed by atoms with Crippen LogP contribution in [0.2, 0.25) is 0 Å². The minimum absolute atomic E-state index is 0.0884. The molecule has 1 unspecified atom stereocenters. The Morgan fingerprint density at radius 3 is 2.71 bits per heavy atom. The topological polar surface area (TPSA) is 152 Å². The third-order valence-electron chi connectivity index (χ3n) is 7.13. The zero-order valence-corrected chi connectivity index (χ0v) is 19.6. The van der Waals surface area contributed by atoms with Gasteiger partial charge >= 0.3 is 0 Å². The molecule has 35 heavy (non-hydrogen) atoms. The Kier molecular flexibility index (Phi) is 6.80. The number of carbonyl (C=O) groups is 1. The molecule has 0 amide bonds. The summed E-state index contributed by atoms with van der Waals surface area (Å²) in [5, 5.41) is 20.7. The highest BCUT2D eigenvalue weighted by Gasteiger charge is 2.54. The van der Waals surface area contributed by atoms with Gasteiger partial charge in [-0.15, -0.1) is 0 Å². The van der Waals surface area contributed by atoms with Crippen molar-refractivity contribution in [2.75, 3.05) is 20.4 Å². The maximum Gasteiger partial charge on any atom is 0.219 e. The number of amidine groups is 1. The Balaban J connectivity index is 1.40. The average Bonchev–Trinajstić information content (AvgIpc) is 3.46. The minimum Gasteiger partial charge on any atom is -0.394 e. The van der Waals surface area contributed by atoms with Crippen molar-refractivity contribution >= 4 is 23.7 Å². The maximum atomic E-state index is 13.3. The van der Waals surface area contributed by atoms with E-state index in [-0.39, 0.29) is 31.2 Å². The third-order valence-corrected chi connectivity index (χ3v) is 7.13. The molecule has 5 rings (SSSR count). The quantitative estimate of drug-likeness (QED) is 0.460. The van der Waals surface area contributed by atoms with E-state index in [0.717, 1.165) is 25.7 Å². The van der Waals surface area contributed by atoms with Gasteiger partial charge in [0, 0.05) is 12.7 Å². The van der Waals surface area contributed by atoms with E-state index in [9.17, 15) is 15.0 Å². The lowest BCUT2D eigenvalue weighted by atomic mass is 9.92. The number of Topliss-reactive ketones (excluding diaryl/α,β-unsaturated/α-hetero) is 1. The Morgan fingerprint density at radius 2 is 2.00 bits per heavy atom. The summed E-state index contributed by atoms with van der Waals surface area (Å²) < 4.78 is 18.0. The van der Waals surface area contributed by atoms with Gasteiger partial charge in [0.2, 0.25) is 11.4 Å². The van der Waals surface area contributed by atoms with E-state index in [1.807, 2.05) is 6.07 Å². The van der Waals surface area contributed by atoms with Crippen molar-refractivity contribution in [2.45, 2.75) is 68.1 Å². The summed E-state index contributed by atoms with van der Waals surface area (Å²) in [5.74, 6) is -0.0657. The summed E-state index contributed by atoms with van der Waals surface area (Å²) in [6, 6.07) is 8.67. The van der Waals surface area contributed by atoms with E-state index in [2.05, 4.69) is 15.0 Å². The van der Waals surface area contributed by atoms with E-state index in [0.29, 0.717) is 11.4 Å². The number of hydrogen-bond acceptors (Lipinski definition) is 11. The number of nitrogens with zero attached hydrogens (tertiary/aromatic N) is 4. The number of aliphatic hydroxyl groups is 2. The van der Waals surface area contributed by atoms with Crippen LogP contribution in [0.5, 0.6) is 0 Å². The van der Waals surface area contributed by atoms with Crippen LogP contribution in [-0.4, -0.2) is 102 Å². The van der Waals surface area contributed by atoms with Crippen LogP contribution in [0.4, 0.5) is 0 Å². The summed E-state index contributed by atoms with van der Waals surface area (Å²) in [6.45, 7) is -0.287. The number of ether oxygens (including phenoxy) is 3. The van der Waals surface area contributed by atoms with E-state index < -0.39 is 36.0 Å². The SMILES string of the molecule is CO[C@@H]1CCCC[C@H]1O[C@@H]1[C@H](O)[C@@H](CO)O[C@H]1N1CN=C2C1=NC=NC2(N)C(=O)c1ccccc1. The second kappa shape index (κ2) is 9.84. The van der Waals surface area contributed by atoms with Gasteiger partial charge in [-0.1, -0.05) is 43.2 Å². The zero-order chi connectivity index (χ0) is 24.6. The fourth-order valence-corrected chi connectivity index (χ4v) is 5.22. The zero-order valence-electron chi connectivity index (χ0n) is 19.6. The average molecular weight is 486 g/mol. The standard InChI is InChI=1S/C24H31N5O6/c1-33-15-9-5-6-10-16(15)34-19-18(31)17(11-30)35-23(19)29-13-27-20-22(29)26-12-28-24(20,25)21(32)14-7-3-2-4-8-14/h2-4,7-8,12,15-19,23,30-31H,5-6,9-11,13,25H2,1H3/t15-,16-,17-,18-,19-,23-,24?/m1/s1. The largest absolute Gasteiger partial charge is 0.394 e. The van der Waals surface area contributed by atoms with Gasteiger partial charge in [0.15, 0.2) is 12.1 Å². The van der Waals surface area contributed by atoms with Gasteiger partial charge in [0.1, 0.15) is 37.0 Å². The van der Waals surface area contributed by atoms with Crippen LogP contribution >= 0.6 is 0 Å². The number of rotatable bonds is 7. The van der Waals surface area contributed by atoms with Crippen LogP contribution in [0.1, 0.15) is 36.0 Å². The molecule has 0 spiro atoms. The normalized spacial score (nSPS) is 36.6. The first-order valence-electron chi connectivity index (χ1n) is 11.9. The number of aliphatic hydroxyl groups excluding tert-OH is 2. The number of methoxy groups -OCH3 is 1. The lowest BCUT2D eigenvalue weighted by Crippen LogP contribution is -2.60. The van der Waals surface area contributed by atoms with Crippen molar-refractivity contribution < 1.29 is 29.2 Å². The highest BCUT2D eigenvalue weighted by atomic mass is 16.6. The molecule has 188 valence electrons. The molecule has 11 nitrogen and oxygen atoms in total. The molecule has 0 bridgehead atoms. The molecule has 4 N–H and O–H groups in total. The molecular formula is C24H31N5O6. The van der Waals surface area contributed by atoms with Gasteiger partial charge in [-0.3, -0.25) is 15.5 Å². The highest BCUT2D eigenvalue weighted by molar-refractivity contribution is 6.52. The fourth-order valence-electron chi connectivity index (χ4n) is 5.22. The van der Waals surface area contributed by atoms with E-state index >= 15 is 0 Å². The predicted octanol–water partition coefficient (Wildman–Crippen LogP) is 0.0997.